The number of aryl methyl sites for hydroxylation is 1. The van der Waals surface area contributed by atoms with E-state index in [2.05, 4.69) is 0 Å². The number of rotatable bonds is 2. The van der Waals surface area contributed by atoms with Crippen LogP contribution in [-0.4, -0.2) is 16.8 Å². The van der Waals surface area contributed by atoms with Gasteiger partial charge in [-0.25, -0.2) is 0 Å². The number of nitrogens with two attached hydrogens (primary N) is 1. The monoisotopic (exact) mass is 193 g/mol. The van der Waals surface area contributed by atoms with Crippen LogP contribution in [-0.2, 0) is 12.8 Å². The van der Waals surface area contributed by atoms with Gasteiger partial charge in [0.1, 0.15) is 5.75 Å². The first-order valence-electron chi connectivity index (χ1n) is 4.93. The lowest BCUT2D eigenvalue weighted by Crippen LogP contribution is -2.16. The van der Waals surface area contributed by atoms with E-state index < -0.39 is 0 Å². The number of phenols is 1. The van der Waals surface area contributed by atoms with Crippen LogP contribution < -0.4 is 5.73 Å². The van der Waals surface area contributed by atoms with Crippen molar-refractivity contribution in [3.63, 3.8) is 0 Å². The number of aromatic hydroxyl groups is 1. The van der Waals surface area contributed by atoms with Crippen LogP contribution in [0.1, 0.15) is 29.2 Å². The highest BCUT2D eigenvalue weighted by Gasteiger charge is 2.19. The lowest BCUT2D eigenvalue weighted by Gasteiger charge is -2.14. The van der Waals surface area contributed by atoms with Gasteiger partial charge in [0.25, 0.3) is 0 Å². The van der Waals surface area contributed by atoms with Crippen molar-refractivity contribution in [1.29, 1.82) is 0 Å². The second kappa shape index (κ2) is 3.59. The van der Waals surface area contributed by atoms with Gasteiger partial charge in [-0.3, -0.25) is 0 Å². The van der Waals surface area contributed by atoms with Crippen molar-refractivity contribution in [3.8, 4) is 5.75 Å². The number of hydrogen-bond donors (Lipinski definition) is 3. The topological polar surface area (TPSA) is 66.5 Å². The second-order valence-electron chi connectivity index (χ2n) is 3.82. The van der Waals surface area contributed by atoms with Gasteiger partial charge >= 0.3 is 0 Å². The average molecular weight is 193 g/mol. The Morgan fingerprint density at radius 1 is 1.36 bits per heavy atom. The van der Waals surface area contributed by atoms with E-state index >= 15 is 0 Å². The van der Waals surface area contributed by atoms with Gasteiger partial charge in [-0.05, 0) is 48.1 Å². The lowest BCUT2D eigenvalue weighted by atomic mass is 9.98. The van der Waals surface area contributed by atoms with Gasteiger partial charge < -0.3 is 15.9 Å². The highest BCUT2D eigenvalue weighted by molar-refractivity contribution is 5.45. The molecule has 4 N–H and O–H groups in total. The molecule has 0 unspecified atom stereocenters. The fraction of sp³-hybridized carbons (Fsp3) is 0.455. The van der Waals surface area contributed by atoms with E-state index in [4.69, 9.17) is 10.8 Å². The van der Waals surface area contributed by atoms with Gasteiger partial charge in [0.05, 0.1) is 12.6 Å². The van der Waals surface area contributed by atoms with Crippen LogP contribution in [0.2, 0.25) is 0 Å². The van der Waals surface area contributed by atoms with Crippen molar-refractivity contribution in [2.75, 3.05) is 6.61 Å². The molecule has 0 heterocycles. The fourth-order valence-electron chi connectivity index (χ4n) is 2.15. The molecule has 0 saturated carbocycles. The van der Waals surface area contributed by atoms with Gasteiger partial charge in [-0.15, -0.1) is 0 Å². The van der Waals surface area contributed by atoms with Crippen molar-refractivity contribution in [2.45, 2.75) is 25.3 Å². The molecule has 0 saturated heterocycles. The zero-order chi connectivity index (χ0) is 10.1. The Hall–Kier alpha value is -1.06. The quantitative estimate of drug-likeness (QED) is 0.653. The Morgan fingerprint density at radius 2 is 2.14 bits per heavy atom. The molecule has 1 aromatic carbocycles. The third-order valence-corrected chi connectivity index (χ3v) is 2.83. The standard InChI is InChI=1S/C11H15NO2/c12-11(6-13)10-5-8(14)4-7-2-1-3-9(7)10/h4-5,11,13-14H,1-3,6,12H2/t11-/m1/s1. The first-order valence-corrected chi connectivity index (χ1v) is 4.93. The predicted molar refractivity (Wildman–Crippen MR) is 54.1 cm³/mol. The molecule has 0 amide bonds. The summed E-state index contributed by atoms with van der Waals surface area (Å²) in [5, 5.41) is 18.5. The van der Waals surface area contributed by atoms with Crippen LogP contribution in [0.3, 0.4) is 0 Å². The highest BCUT2D eigenvalue weighted by Crippen LogP contribution is 2.32. The number of benzene rings is 1. The Bertz CT molecular complexity index is 349. The molecule has 0 radical (unpaired) electrons. The number of hydrogen-bond acceptors (Lipinski definition) is 3. The summed E-state index contributed by atoms with van der Waals surface area (Å²) in [5.74, 6) is 0.254. The molecule has 1 aliphatic rings. The van der Waals surface area contributed by atoms with Gasteiger partial charge in [0.2, 0.25) is 0 Å². The van der Waals surface area contributed by atoms with E-state index in [9.17, 15) is 5.11 Å². The average Bonchev–Trinajstić information content (AvgIpc) is 2.62. The van der Waals surface area contributed by atoms with Crippen molar-refractivity contribution in [1.82, 2.24) is 0 Å². The number of fused-ring (bicyclic) bond motifs is 1. The van der Waals surface area contributed by atoms with E-state index in [1.807, 2.05) is 0 Å². The number of phenolic OH excluding ortho intramolecular Hbond substituents is 1. The van der Waals surface area contributed by atoms with E-state index in [1.54, 1.807) is 12.1 Å². The third-order valence-electron chi connectivity index (χ3n) is 2.83. The maximum absolute atomic E-state index is 9.48. The van der Waals surface area contributed by atoms with Crippen molar-refractivity contribution >= 4 is 0 Å². The summed E-state index contributed by atoms with van der Waals surface area (Å²) in [4.78, 5) is 0. The van der Waals surface area contributed by atoms with Crippen LogP contribution in [0.25, 0.3) is 0 Å². The molecule has 3 nitrogen and oxygen atoms in total. The predicted octanol–water partition coefficient (Wildman–Crippen LogP) is 0.873. The zero-order valence-corrected chi connectivity index (χ0v) is 8.03. The smallest absolute Gasteiger partial charge is 0.116 e. The molecule has 14 heavy (non-hydrogen) atoms. The molecular weight excluding hydrogens is 178 g/mol. The third kappa shape index (κ3) is 1.49. The number of aliphatic hydroxyl groups excluding tert-OH is 1. The Kier molecular flexibility index (Phi) is 2.44. The Balaban J connectivity index is 2.48. The molecule has 0 fully saturated rings. The molecule has 0 spiro atoms. The molecule has 0 aromatic heterocycles. The maximum atomic E-state index is 9.48. The summed E-state index contributed by atoms with van der Waals surface area (Å²) in [7, 11) is 0. The second-order valence-corrected chi connectivity index (χ2v) is 3.82. The van der Waals surface area contributed by atoms with Gasteiger partial charge in [0.15, 0.2) is 0 Å². The minimum Gasteiger partial charge on any atom is -0.508 e. The lowest BCUT2D eigenvalue weighted by molar-refractivity contribution is 0.267. The van der Waals surface area contributed by atoms with E-state index in [-0.39, 0.29) is 18.4 Å². The molecule has 1 aliphatic carbocycles. The summed E-state index contributed by atoms with van der Waals surface area (Å²) in [6.45, 7) is -0.0735. The summed E-state index contributed by atoms with van der Waals surface area (Å²) in [6, 6.07) is 3.11. The highest BCUT2D eigenvalue weighted by atomic mass is 16.3. The molecule has 3 heteroatoms. The molecule has 76 valence electrons. The normalized spacial score (nSPS) is 16.7. The fourth-order valence-corrected chi connectivity index (χ4v) is 2.15. The van der Waals surface area contributed by atoms with E-state index in [1.165, 1.54) is 11.1 Å². The molecule has 0 aliphatic heterocycles. The van der Waals surface area contributed by atoms with Crippen molar-refractivity contribution in [2.24, 2.45) is 5.73 Å². The Morgan fingerprint density at radius 3 is 2.86 bits per heavy atom. The summed E-state index contributed by atoms with van der Waals surface area (Å²) >= 11 is 0. The summed E-state index contributed by atoms with van der Waals surface area (Å²) < 4.78 is 0. The first-order chi connectivity index (χ1) is 6.72. The SMILES string of the molecule is N[C@H](CO)c1cc(O)cc2c1CCC2. The van der Waals surface area contributed by atoms with Crippen LogP contribution in [0.5, 0.6) is 5.75 Å². The van der Waals surface area contributed by atoms with Crippen LogP contribution in [0.4, 0.5) is 0 Å². The molecule has 1 atom stereocenters. The van der Waals surface area contributed by atoms with Crippen LogP contribution in [0.15, 0.2) is 12.1 Å². The zero-order valence-electron chi connectivity index (χ0n) is 8.03. The Labute approximate surface area is 83.2 Å². The minimum atomic E-state index is -0.367. The number of aliphatic hydroxyl groups is 1. The van der Waals surface area contributed by atoms with E-state index in [0.29, 0.717) is 0 Å². The van der Waals surface area contributed by atoms with E-state index in [0.717, 1.165) is 24.8 Å². The largest absolute Gasteiger partial charge is 0.508 e. The van der Waals surface area contributed by atoms with Crippen molar-refractivity contribution in [3.05, 3.63) is 28.8 Å². The van der Waals surface area contributed by atoms with Crippen LogP contribution in [0, 0.1) is 0 Å². The molecule has 1 aromatic rings. The maximum Gasteiger partial charge on any atom is 0.116 e. The minimum absolute atomic E-state index is 0.0735. The summed E-state index contributed by atoms with van der Waals surface area (Å²) in [5.41, 5.74) is 9.09. The van der Waals surface area contributed by atoms with Crippen molar-refractivity contribution < 1.29 is 10.2 Å². The summed E-state index contributed by atoms with van der Waals surface area (Å²) in [6.07, 6.45) is 3.14. The van der Waals surface area contributed by atoms with Gasteiger partial charge in [0, 0.05) is 0 Å². The molecule has 0 bridgehead atoms. The van der Waals surface area contributed by atoms with Gasteiger partial charge in [-0.1, -0.05) is 0 Å². The van der Waals surface area contributed by atoms with Crippen LogP contribution >= 0.6 is 0 Å². The first kappa shape index (κ1) is 9.49. The molecular formula is C11H15NO2. The molecule has 2 rings (SSSR count). The van der Waals surface area contributed by atoms with Gasteiger partial charge in [-0.2, -0.15) is 0 Å².